The number of fused-ring (bicyclic) bond motifs is 1. The van der Waals surface area contributed by atoms with E-state index in [1.807, 2.05) is 49.4 Å². The molecule has 3 aromatic rings. The van der Waals surface area contributed by atoms with Crippen LogP contribution in [0.25, 0.3) is 17.0 Å². The van der Waals surface area contributed by atoms with Crippen molar-refractivity contribution in [2.75, 3.05) is 32.7 Å². The average molecular weight is 387 g/mol. The second kappa shape index (κ2) is 8.45. The first-order chi connectivity index (χ1) is 14.1. The molecule has 0 radical (unpaired) electrons. The van der Waals surface area contributed by atoms with Crippen molar-refractivity contribution in [1.29, 1.82) is 0 Å². The number of benzene rings is 2. The lowest BCUT2D eigenvalue weighted by Gasteiger charge is -2.33. The first kappa shape index (κ1) is 19.2. The van der Waals surface area contributed by atoms with Crippen molar-refractivity contribution in [3.63, 3.8) is 0 Å². The summed E-state index contributed by atoms with van der Waals surface area (Å²) in [5.74, 6) is -0.824. The van der Waals surface area contributed by atoms with Gasteiger partial charge in [-0.05, 0) is 18.6 Å². The van der Waals surface area contributed by atoms with Crippen LogP contribution in [0.5, 0.6) is 0 Å². The minimum Gasteiger partial charge on any atom is -0.358 e. The maximum Gasteiger partial charge on any atom is 0.295 e. The van der Waals surface area contributed by atoms with Gasteiger partial charge in [0.1, 0.15) is 0 Å². The lowest BCUT2D eigenvalue weighted by atomic mass is 10.1. The summed E-state index contributed by atoms with van der Waals surface area (Å²) >= 11 is 0. The zero-order valence-corrected chi connectivity index (χ0v) is 16.6. The molecule has 29 heavy (non-hydrogen) atoms. The molecule has 1 aromatic heterocycles. The van der Waals surface area contributed by atoms with Gasteiger partial charge in [-0.2, -0.15) is 0 Å². The zero-order chi connectivity index (χ0) is 20.2. The number of nitrogens with zero attached hydrogens (tertiary/aromatic N) is 2. The van der Waals surface area contributed by atoms with Gasteiger partial charge in [0.05, 0.1) is 5.56 Å². The van der Waals surface area contributed by atoms with Crippen molar-refractivity contribution in [1.82, 2.24) is 14.8 Å². The standard InChI is InChI=1S/C24H25N3O2/c1-18-22(20-11-5-6-12-21(20)25-18)23(28)24(29)27-16-14-26(15-17-27)13-7-10-19-8-3-2-4-9-19/h2-12,25H,13-17H2,1H3/b10-7+. The Labute approximate surface area is 170 Å². The predicted octanol–water partition coefficient (Wildman–Crippen LogP) is 3.52. The van der Waals surface area contributed by atoms with Gasteiger partial charge >= 0.3 is 0 Å². The first-order valence-electron chi connectivity index (χ1n) is 9.98. The molecule has 5 heteroatoms. The molecule has 1 saturated heterocycles. The molecule has 0 bridgehead atoms. The summed E-state index contributed by atoms with van der Waals surface area (Å²) < 4.78 is 0. The van der Waals surface area contributed by atoms with E-state index in [1.165, 1.54) is 5.56 Å². The topological polar surface area (TPSA) is 56.4 Å². The number of aromatic amines is 1. The van der Waals surface area contributed by atoms with E-state index in [0.29, 0.717) is 18.7 Å². The minimum atomic E-state index is -0.419. The molecular formula is C24H25N3O2. The summed E-state index contributed by atoms with van der Waals surface area (Å²) in [6.45, 7) is 5.37. The van der Waals surface area contributed by atoms with Crippen LogP contribution in [0.2, 0.25) is 0 Å². The van der Waals surface area contributed by atoms with Crippen LogP contribution in [0.15, 0.2) is 60.7 Å². The summed E-state index contributed by atoms with van der Waals surface area (Å²) in [6.07, 6.45) is 4.26. The number of aryl methyl sites for hydroxylation is 1. The normalized spacial score (nSPS) is 15.3. The van der Waals surface area contributed by atoms with E-state index >= 15 is 0 Å². The molecule has 1 fully saturated rings. The number of nitrogens with one attached hydrogen (secondary N) is 1. The number of para-hydroxylation sites is 1. The Morgan fingerprint density at radius 1 is 0.966 bits per heavy atom. The van der Waals surface area contributed by atoms with Crippen molar-refractivity contribution in [2.45, 2.75) is 6.92 Å². The Hall–Kier alpha value is -3.18. The van der Waals surface area contributed by atoms with E-state index in [-0.39, 0.29) is 0 Å². The fourth-order valence-corrected chi connectivity index (χ4v) is 3.86. The van der Waals surface area contributed by atoms with Crippen molar-refractivity contribution < 1.29 is 9.59 Å². The van der Waals surface area contributed by atoms with Gasteiger partial charge < -0.3 is 9.88 Å². The first-order valence-corrected chi connectivity index (χ1v) is 9.98. The maximum absolute atomic E-state index is 12.9. The molecule has 1 aliphatic heterocycles. The van der Waals surface area contributed by atoms with Gasteiger partial charge in [0, 0.05) is 49.3 Å². The molecular weight excluding hydrogens is 362 g/mol. The molecule has 0 unspecified atom stereocenters. The van der Waals surface area contributed by atoms with E-state index in [1.54, 1.807) is 4.90 Å². The number of rotatable bonds is 5. The number of hydrogen-bond donors (Lipinski definition) is 1. The molecule has 0 spiro atoms. The molecule has 0 saturated carbocycles. The molecule has 1 N–H and O–H groups in total. The molecule has 1 amide bonds. The second-order valence-electron chi connectivity index (χ2n) is 7.41. The number of ketones is 1. The van der Waals surface area contributed by atoms with Crippen molar-refractivity contribution in [2.24, 2.45) is 0 Å². The second-order valence-corrected chi connectivity index (χ2v) is 7.41. The molecule has 0 atom stereocenters. The number of piperazine rings is 1. The van der Waals surface area contributed by atoms with Gasteiger partial charge in [-0.1, -0.05) is 60.7 Å². The van der Waals surface area contributed by atoms with E-state index in [0.717, 1.165) is 36.2 Å². The minimum absolute atomic E-state index is 0.405. The van der Waals surface area contributed by atoms with Crippen LogP contribution in [0.3, 0.4) is 0 Å². The van der Waals surface area contributed by atoms with Gasteiger partial charge in [0.25, 0.3) is 11.7 Å². The fraction of sp³-hybridized carbons (Fsp3) is 0.250. The van der Waals surface area contributed by atoms with Crippen molar-refractivity contribution in [3.05, 3.63) is 77.5 Å². The molecule has 148 valence electrons. The van der Waals surface area contributed by atoms with Crippen LogP contribution >= 0.6 is 0 Å². The molecule has 2 aromatic carbocycles. The third-order valence-corrected chi connectivity index (χ3v) is 5.45. The van der Waals surface area contributed by atoms with E-state index in [2.05, 4.69) is 34.2 Å². The van der Waals surface area contributed by atoms with Gasteiger partial charge in [0.15, 0.2) is 0 Å². The van der Waals surface area contributed by atoms with E-state index < -0.39 is 11.7 Å². The monoisotopic (exact) mass is 387 g/mol. The summed E-state index contributed by atoms with van der Waals surface area (Å²) in [7, 11) is 0. The summed E-state index contributed by atoms with van der Waals surface area (Å²) in [4.78, 5) is 32.9. The quantitative estimate of drug-likeness (QED) is 0.538. The predicted molar refractivity (Wildman–Crippen MR) is 116 cm³/mol. The maximum atomic E-state index is 12.9. The lowest BCUT2D eigenvalue weighted by Crippen LogP contribution is -2.50. The van der Waals surface area contributed by atoms with Crippen LogP contribution in [-0.4, -0.2) is 59.2 Å². The molecule has 5 nitrogen and oxygen atoms in total. The number of H-pyrrole nitrogens is 1. The fourth-order valence-electron chi connectivity index (χ4n) is 3.86. The van der Waals surface area contributed by atoms with Crippen LogP contribution < -0.4 is 0 Å². The van der Waals surface area contributed by atoms with Crippen LogP contribution in [0.1, 0.15) is 21.6 Å². The smallest absolute Gasteiger partial charge is 0.295 e. The number of amides is 1. The van der Waals surface area contributed by atoms with E-state index in [9.17, 15) is 9.59 Å². The van der Waals surface area contributed by atoms with Crippen LogP contribution in [0.4, 0.5) is 0 Å². The Balaban J connectivity index is 1.36. The van der Waals surface area contributed by atoms with E-state index in [4.69, 9.17) is 0 Å². The number of hydrogen-bond acceptors (Lipinski definition) is 3. The van der Waals surface area contributed by atoms with Crippen molar-refractivity contribution >= 4 is 28.7 Å². The SMILES string of the molecule is Cc1[nH]c2ccccc2c1C(=O)C(=O)N1CCN(C/C=C/c2ccccc2)CC1. The average Bonchev–Trinajstić information content (AvgIpc) is 3.09. The van der Waals surface area contributed by atoms with Gasteiger partial charge in [-0.3, -0.25) is 14.5 Å². The molecule has 2 heterocycles. The zero-order valence-electron chi connectivity index (χ0n) is 16.6. The van der Waals surface area contributed by atoms with Gasteiger partial charge in [-0.25, -0.2) is 0 Å². The highest BCUT2D eigenvalue weighted by Crippen LogP contribution is 2.23. The molecule has 4 rings (SSSR count). The van der Waals surface area contributed by atoms with Gasteiger partial charge in [-0.15, -0.1) is 0 Å². The lowest BCUT2D eigenvalue weighted by molar-refractivity contribution is -0.128. The van der Waals surface area contributed by atoms with Crippen molar-refractivity contribution in [3.8, 4) is 0 Å². The number of carbonyl (C=O) groups is 2. The Morgan fingerprint density at radius 3 is 2.41 bits per heavy atom. The largest absolute Gasteiger partial charge is 0.358 e. The molecule has 0 aliphatic carbocycles. The highest BCUT2D eigenvalue weighted by atomic mass is 16.2. The third-order valence-electron chi connectivity index (χ3n) is 5.45. The number of aromatic nitrogens is 1. The number of Topliss-reactive ketones (excluding diaryl/α,β-unsaturated/α-hetero) is 1. The summed E-state index contributed by atoms with van der Waals surface area (Å²) in [5.41, 5.74) is 3.31. The van der Waals surface area contributed by atoms with Crippen LogP contribution in [0, 0.1) is 6.92 Å². The van der Waals surface area contributed by atoms with Crippen LogP contribution in [-0.2, 0) is 4.79 Å². The summed E-state index contributed by atoms with van der Waals surface area (Å²) in [5, 5.41) is 0.813. The number of carbonyl (C=O) groups excluding carboxylic acids is 2. The Bertz CT molecular complexity index is 1040. The Morgan fingerprint density at radius 2 is 1.66 bits per heavy atom. The highest BCUT2D eigenvalue weighted by molar-refractivity contribution is 6.45. The summed E-state index contributed by atoms with van der Waals surface area (Å²) in [6, 6.07) is 17.8. The van der Waals surface area contributed by atoms with Gasteiger partial charge in [0.2, 0.25) is 0 Å². The Kier molecular flexibility index (Phi) is 5.58. The highest BCUT2D eigenvalue weighted by Gasteiger charge is 2.29. The third kappa shape index (κ3) is 4.15. The molecule has 1 aliphatic rings.